The molecular formula is C14H10FNO4. The van der Waals surface area contributed by atoms with E-state index in [0.717, 1.165) is 12.1 Å². The molecule has 0 saturated heterocycles. The number of aromatic carboxylic acids is 1. The first-order valence-corrected chi connectivity index (χ1v) is 5.58. The van der Waals surface area contributed by atoms with E-state index in [2.05, 4.69) is 0 Å². The summed E-state index contributed by atoms with van der Waals surface area (Å²) in [6, 6.07) is 9.19. The molecule has 6 heteroatoms. The van der Waals surface area contributed by atoms with Gasteiger partial charge in [0.2, 0.25) is 0 Å². The van der Waals surface area contributed by atoms with Crippen LogP contribution < -0.4 is 10.5 Å². The van der Waals surface area contributed by atoms with Crippen LogP contribution in [0.15, 0.2) is 42.5 Å². The molecule has 1 amide bonds. The maximum atomic E-state index is 13.1. The first kappa shape index (κ1) is 13.5. The number of nitrogens with two attached hydrogens (primary N) is 1. The first-order valence-electron chi connectivity index (χ1n) is 5.58. The number of primary amides is 1. The van der Waals surface area contributed by atoms with Crippen molar-refractivity contribution >= 4 is 11.9 Å². The van der Waals surface area contributed by atoms with Crippen LogP contribution in [0.1, 0.15) is 20.7 Å². The van der Waals surface area contributed by atoms with Gasteiger partial charge < -0.3 is 15.6 Å². The molecule has 0 aromatic heterocycles. The Morgan fingerprint density at radius 2 is 1.70 bits per heavy atom. The summed E-state index contributed by atoms with van der Waals surface area (Å²) in [5.41, 5.74) is 4.96. The Labute approximate surface area is 113 Å². The molecule has 2 aromatic carbocycles. The Bertz CT molecular complexity index is 685. The van der Waals surface area contributed by atoms with Crippen molar-refractivity contribution in [3.8, 4) is 11.5 Å². The predicted octanol–water partition coefficient (Wildman–Crippen LogP) is 2.42. The lowest BCUT2D eigenvalue weighted by atomic mass is 10.1. The molecule has 0 radical (unpaired) electrons. The second kappa shape index (κ2) is 5.40. The van der Waals surface area contributed by atoms with E-state index in [0.29, 0.717) is 0 Å². The predicted molar refractivity (Wildman–Crippen MR) is 68.4 cm³/mol. The van der Waals surface area contributed by atoms with Crippen molar-refractivity contribution in [3.05, 3.63) is 59.4 Å². The molecule has 0 aliphatic rings. The van der Waals surface area contributed by atoms with Crippen LogP contribution in [0.25, 0.3) is 0 Å². The van der Waals surface area contributed by atoms with E-state index in [9.17, 15) is 14.0 Å². The molecular weight excluding hydrogens is 265 g/mol. The van der Waals surface area contributed by atoms with Gasteiger partial charge in [-0.15, -0.1) is 0 Å². The average molecular weight is 275 g/mol. The van der Waals surface area contributed by atoms with Crippen molar-refractivity contribution in [2.45, 2.75) is 0 Å². The molecule has 2 aromatic rings. The summed E-state index contributed by atoms with van der Waals surface area (Å²) >= 11 is 0. The molecule has 102 valence electrons. The fraction of sp³-hybridized carbons (Fsp3) is 0. The molecule has 20 heavy (non-hydrogen) atoms. The monoisotopic (exact) mass is 275 g/mol. The second-order valence-electron chi connectivity index (χ2n) is 3.91. The number of benzene rings is 2. The number of halogens is 1. The largest absolute Gasteiger partial charge is 0.478 e. The van der Waals surface area contributed by atoms with Crippen molar-refractivity contribution in [1.82, 2.24) is 0 Å². The van der Waals surface area contributed by atoms with E-state index in [1.165, 1.54) is 18.2 Å². The summed E-state index contributed by atoms with van der Waals surface area (Å²) < 4.78 is 18.4. The first-order chi connectivity index (χ1) is 9.49. The third kappa shape index (κ3) is 2.74. The van der Waals surface area contributed by atoms with Crippen LogP contribution in [0.3, 0.4) is 0 Å². The minimum Gasteiger partial charge on any atom is -0.478 e. The van der Waals surface area contributed by atoms with Gasteiger partial charge in [-0.2, -0.15) is 0 Å². The maximum Gasteiger partial charge on any atom is 0.339 e. The summed E-state index contributed by atoms with van der Waals surface area (Å²) in [4.78, 5) is 22.3. The van der Waals surface area contributed by atoms with Crippen molar-refractivity contribution < 1.29 is 23.8 Å². The Hall–Kier alpha value is -2.89. The zero-order chi connectivity index (χ0) is 14.7. The van der Waals surface area contributed by atoms with Crippen molar-refractivity contribution in [3.63, 3.8) is 0 Å². The van der Waals surface area contributed by atoms with Crippen LogP contribution in [0, 0.1) is 5.82 Å². The fourth-order valence-corrected chi connectivity index (χ4v) is 1.64. The molecule has 0 bridgehead atoms. The highest BCUT2D eigenvalue weighted by Crippen LogP contribution is 2.28. The summed E-state index contributed by atoms with van der Waals surface area (Å²) in [6.07, 6.45) is 0. The number of hydrogen-bond acceptors (Lipinski definition) is 3. The van der Waals surface area contributed by atoms with E-state index in [1.807, 2.05) is 0 Å². The summed E-state index contributed by atoms with van der Waals surface area (Å²) in [6.45, 7) is 0. The van der Waals surface area contributed by atoms with Crippen molar-refractivity contribution in [2.75, 3.05) is 0 Å². The van der Waals surface area contributed by atoms with Gasteiger partial charge in [0.05, 0.1) is 5.56 Å². The molecule has 3 N–H and O–H groups in total. The fourth-order valence-electron chi connectivity index (χ4n) is 1.64. The highest BCUT2D eigenvalue weighted by Gasteiger charge is 2.16. The normalized spacial score (nSPS) is 10.1. The summed E-state index contributed by atoms with van der Waals surface area (Å²) in [5.74, 6) is -2.71. The number of carboxylic acids is 1. The number of ether oxygens (including phenoxy) is 1. The SMILES string of the molecule is NC(=O)c1ccccc1Oc1ccc(F)cc1C(=O)O. The molecule has 0 fully saturated rings. The Morgan fingerprint density at radius 3 is 2.35 bits per heavy atom. The van der Waals surface area contributed by atoms with E-state index < -0.39 is 17.7 Å². The van der Waals surface area contributed by atoms with Gasteiger partial charge in [-0.05, 0) is 30.3 Å². The van der Waals surface area contributed by atoms with E-state index in [4.69, 9.17) is 15.6 Å². The number of hydrogen-bond donors (Lipinski definition) is 2. The molecule has 0 unspecified atom stereocenters. The zero-order valence-electron chi connectivity index (χ0n) is 10.2. The molecule has 0 spiro atoms. The third-order valence-electron chi connectivity index (χ3n) is 2.54. The number of para-hydroxylation sites is 1. The lowest BCUT2D eigenvalue weighted by Gasteiger charge is -2.11. The molecule has 0 aliphatic carbocycles. The third-order valence-corrected chi connectivity index (χ3v) is 2.54. The minimum absolute atomic E-state index is 0.0763. The highest BCUT2D eigenvalue weighted by atomic mass is 19.1. The number of carboxylic acid groups (broad SMARTS) is 1. The highest BCUT2D eigenvalue weighted by molar-refractivity contribution is 5.96. The maximum absolute atomic E-state index is 13.1. The topological polar surface area (TPSA) is 89.6 Å². The number of carbonyl (C=O) groups is 2. The second-order valence-corrected chi connectivity index (χ2v) is 3.91. The van der Waals surface area contributed by atoms with Gasteiger partial charge in [0.25, 0.3) is 5.91 Å². The smallest absolute Gasteiger partial charge is 0.339 e. The minimum atomic E-state index is -1.34. The summed E-state index contributed by atoms with van der Waals surface area (Å²) in [7, 11) is 0. The van der Waals surface area contributed by atoms with Crippen LogP contribution in [-0.2, 0) is 0 Å². The van der Waals surface area contributed by atoms with Crippen LogP contribution in [-0.4, -0.2) is 17.0 Å². The Kier molecular flexibility index (Phi) is 3.65. The molecule has 5 nitrogen and oxygen atoms in total. The van der Waals surface area contributed by atoms with Gasteiger partial charge in [0.15, 0.2) is 0 Å². The van der Waals surface area contributed by atoms with Gasteiger partial charge in [0.1, 0.15) is 22.9 Å². The number of carbonyl (C=O) groups excluding carboxylic acids is 1. The summed E-state index contributed by atoms with van der Waals surface area (Å²) in [5, 5.41) is 9.01. The number of amides is 1. The number of rotatable bonds is 4. The van der Waals surface area contributed by atoms with Gasteiger partial charge in [-0.25, -0.2) is 9.18 Å². The molecule has 2 rings (SSSR count). The van der Waals surface area contributed by atoms with Crippen molar-refractivity contribution in [2.24, 2.45) is 5.73 Å². The van der Waals surface area contributed by atoms with Crippen LogP contribution in [0.4, 0.5) is 4.39 Å². The molecule has 0 atom stereocenters. The van der Waals surface area contributed by atoms with Crippen LogP contribution in [0.5, 0.6) is 11.5 Å². The quantitative estimate of drug-likeness (QED) is 0.896. The van der Waals surface area contributed by atoms with E-state index in [-0.39, 0.29) is 22.6 Å². The lowest BCUT2D eigenvalue weighted by molar-refractivity contribution is 0.0693. The van der Waals surface area contributed by atoms with Gasteiger partial charge in [0, 0.05) is 0 Å². The average Bonchev–Trinajstić information content (AvgIpc) is 2.41. The standard InChI is InChI=1S/C14H10FNO4/c15-8-5-6-12(10(7-8)14(18)19)20-11-4-2-1-3-9(11)13(16)17/h1-7H,(H2,16,17)(H,18,19). The Balaban J connectivity index is 2.45. The van der Waals surface area contributed by atoms with E-state index in [1.54, 1.807) is 12.1 Å². The Morgan fingerprint density at radius 1 is 1.05 bits per heavy atom. The molecule has 0 saturated carbocycles. The van der Waals surface area contributed by atoms with Crippen molar-refractivity contribution in [1.29, 1.82) is 0 Å². The van der Waals surface area contributed by atoms with Gasteiger partial charge in [-0.1, -0.05) is 12.1 Å². The molecule has 0 aliphatic heterocycles. The lowest BCUT2D eigenvalue weighted by Crippen LogP contribution is -2.12. The molecule has 0 heterocycles. The van der Waals surface area contributed by atoms with Gasteiger partial charge >= 0.3 is 5.97 Å². The van der Waals surface area contributed by atoms with Crippen LogP contribution >= 0.6 is 0 Å². The van der Waals surface area contributed by atoms with Crippen LogP contribution in [0.2, 0.25) is 0 Å². The van der Waals surface area contributed by atoms with Gasteiger partial charge in [-0.3, -0.25) is 4.79 Å². The zero-order valence-corrected chi connectivity index (χ0v) is 10.2. The van der Waals surface area contributed by atoms with E-state index >= 15 is 0 Å².